The van der Waals surface area contributed by atoms with Crippen molar-refractivity contribution in [2.45, 2.75) is 6.92 Å². The molecule has 2 aromatic heterocycles. The summed E-state index contributed by atoms with van der Waals surface area (Å²) in [5.41, 5.74) is 0.715. The molecule has 86 valence electrons. The Morgan fingerprint density at radius 1 is 1.29 bits per heavy atom. The van der Waals surface area contributed by atoms with Gasteiger partial charge in [-0.25, -0.2) is 14.4 Å². The highest BCUT2D eigenvalue weighted by molar-refractivity contribution is 6.02. The van der Waals surface area contributed by atoms with E-state index in [-0.39, 0.29) is 5.69 Å². The molecule has 0 aliphatic carbocycles. The number of carbonyl (C=O) groups is 1. The monoisotopic (exact) mass is 231 g/mol. The van der Waals surface area contributed by atoms with Crippen LogP contribution in [0.1, 0.15) is 16.1 Å². The first-order chi connectivity index (χ1) is 8.16. The second-order valence-electron chi connectivity index (χ2n) is 3.51. The highest BCUT2D eigenvalue weighted by Crippen LogP contribution is 2.09. The molecule has 0 aromatic carbocycles. The molecule has 0 unspecified atom stereocenters. The maximum Gasteiger partial charge on any atom is 0.278 e. The minimum Gasteiger partial charge on any atom is -0.305 e. The minimum absolute atomic E-state index is 0.240. The normalized spacial score (nSPS) is 10.0. The molecule has 1 N–H and O–H groups in total. The Morgan fingerprint density at radius 2 is 2.12 bits per heavy atom. The van der Waals surface area contributed by atoms with Crippen LogP contribution >= 0.6 is 0 Å². The van der Waals surface area contributed by atoms with Crippen molar-refractivity contribution in [3.8, 4) is 0 Å². The number of halogens is 1. The van der Waals surface area contributed by atoms with Crippen molar-refractivity contribution in [1.29, 1.82) is 0 Å². The van der Waals surface area contributed by atoms with Crippen LogP contribution in [-0.2, 0) is 0 Å². The Labute approximate surface area is 97.5 Å². The Balaban J connectivity index is 2.20. The fraction of sp³-hybridized carbons (Fsp3) is 0.0833. The number of aryl methyl sites for hydroxylation is 1. The van der Waals surface area contributed by atoms with Crippen LogP contribution in [0.25, 0.3) is 0 Å². The van der Waals surface area contributed by atoms with Gasteiger partial charge in [0.15, 0.2) is 11.5 Å². The topological polar surface area (TPSA) is 54.9 Å². The largest absolute Gasteiger partial charge is 0.305 e. The van der Waals surface area contributed by atoms with E-state index in [1.807, 2.05) is 6.92 Å². The quantitative estimate of drug-likeness (QED) is 0.861. The maximum absolute atomic E-state index is 13.3. The zero-order valence-corrected chi connectivity index (χ0v) is 9.14. The first-order valence-corrected chi connectivity index (χ1v) is 5.01. The smallest absolute Gasteiger partial charge is 0.278 e. The summed E-state index contributed by atoms with van der Waals surface area (Å²) in [5.74, 6) is -0.890. The van der Waals surface area contributed by atoms with Crippen molar-refractivity contribution < 1.29 is 9.18 Å². The average Bonchev–Trinajstić information content (AvgIpc) is 2.29. The van der Waals surface area contributed by atoms with Crippen molar-refractivity contribution in [2.75, 3.05) is 5.32 Å². The zero-order chi connectivity index (χ0) is 12.3. The summed E-state index contributed by atoms with van der Waals surface area (Å²) >= 11 is 0. The number of nitrogens with one attached hydrogen (secondary N) is 1. The van der Waals surface area contributed by atoms with E-state index in [0.29, 0.717) is 5.82 Å². The zero-order valence-electron chi connectivity index (χ0n) is 9.14. The number of anilines is 1. The van der Waals surface area contributed by atoms with Gasteiger partial charge in [-0.2, -0.15) is 0 Å². The van der Waals surface area contributed by atoms with Crippen molar-refractivity contribution in [2.24, 2.45) is 0 Å². The van der Waals surface area contributed by atoms with Gasteiger partial charge in [0, 0.05) is 12.4 Å². The van der Waals surface area contributed by atoms with Crippen LogP contribution in [0, 0.1) is 12.7 Å². The number of pyridine rings is 2. The SMILES string of the molecule is Cc1ccnc(NC(=O)c2ncccc2F)c1. The van der Waals surface area contributed by atoms with Gasteiger partial charge >= 0.3 is 0 Å². The Hall–Kier alpha value is -2.30. The Bertz CT molecular complexity index is 557. The lowest BCUT2D eigenvalue weighted by Gasteiger charge is -2.04. The molecule has 0 fully saturated rings. The number of amides is 1. The second-order valence-corrected chi connectivity index (χ2v) is 3.51. The lowest BCUT2D eigenvalue weighted by atomic mass is 10.3. The molecule has 0 radical (unpaired) electrons. The molecule has 0 aliphatic heterocycles. The number of rotatable bonds is 2. The maximum atomic E-state index is 13.3. The Kier molecular flexibility index (Phi) is 3.09. The number of aromatic nitrogens is 2. The molecule has 0 saturated carbocycles. The summed E-state index contributed by atoms with van der Waals surface area (Å²) in [7, 11) is 0. The summed E-state index contributed by atoms with van der Waals surface area (Å²) in [6, 6.07) is 6.11. The standard InChI is InChI=1S/C12H10FN3O/c1-8-4-6-14-10(7-8)16-12(17)11-9(13)3-2-5-15-11/h2-7H,1H3,(H,14,16,17). The van der Waals surface area contributed by atoms with Crippen LogP contribution in [0.2, 0.25) is 0 Å². The number of hydrogen-bond donors (Lipinski definition) is 1. The molecule has 1 amide bonds. The van der Waals surface area contributed by atoms with Gasteiger partial charge in [0.1, 0.15) is 5.82 Å². The van der Waals surface area contributed by atoms with Gasteiger partial charge in [-0.1, -0.05) is 0 Å². The van der Waals surface area contributed by atoms with E-state index >= 15 is 0 Å². The summed E-state index contributed by atoms with van der Waals surface area (Å²) in [6.45, 7) is 1.87. The molecular weight excluding hydrogens is 221 g/mol. The Morgan fingerprint density at radius 3 is 2.82 bits per heavy atom. The van der Waals surface area contributed by atoms with E-state index < -0.39 is 11.7 Å². The predicted octanol–water partition coefficient (Wildman–Crippen LogP) is 2.18. The molecule has 0 spiro atoms. The van der Waals surface area contributed by atoms with E-state index in [0.717, 1.165) is 5.56 Å². The van der Waals surface area contributed by atoms with E-state index in [4.69, 9.17) is 0 Å². The van der Waals surface area contributed by atoms with E-state index in [1.165, 1.54) is 18.3 Å². The van der Waals surface area contributed by atoms with Crippen LogP contribution in [0.15, 0.2) is 36.7 Å². The molecule has 2 rings (SSSR count). The number of nitrogens with zero attached hydrogens (tertiary/aromatic N) is 2. The third-order valence-corrected chi connectivity index (χ3v) is 2.13. The number of hydrogen-bond acceptors (Lipinski definition) is 3. The first-order valence-electron chi connectivity index (χ1n) is 5.01. The molecule has 5 heteroatoms. The van der Waals surface area contributed by atoms with E-state index in [1.54, 1.807) is 18.3 Å². The van der Waals surface area contributed by atoms with Crippen LogP contribution in [0.4, 0.5) is 10.2 Å². The summed E-state index contributed by atoms with van der Waals surface area (Å²) in [6.07, 6.45) is 2.93. The third kappa shape index (κ3) is 2.63. The average molecular weight is 231 g/mol. The molecule has 0 saturated heterocycles. The molecule has 0 atom stereocenters. The van der Waals surface area contributed by atoms with Crippen molar-refractivity contribution in [3.05, 3.63) is 53.7 Å². The van der Waals surface area contributed by atoms with Crippen molar-refractivity contribution in [3.63, 3.8) is 0 Å². The molecule has 4 nitrogen and oxygen atoms in total. The van der Waals surface area contributed by atoms with Gasteiger partial charge in [-0.3, -0.25) is 4.79 Å². The molecule has 2 aromatic rings. The van der Waals surface area contributed by atoms with Crippen LogP contribution < -0.4 is 5.32 Å². The van der Waals surface area contributed by atoms with Crippen molar-refractivity contribution in [1.82, 2.24) is 9.97 Å². The van der Waals surface area contributed by atoms with Crippen molar-refractivity contribution >= 4 is 11.7 Å². The van der Waals surface area contributed by atoms with Gasteiger partial charge in [-0.15, -0.1) is 0 Å². The lowest BCUT2D eigenvalue weighted by Crippen LogP contribution is -2.16. The van der Waals surface area contributed by atoms with E-state index in [9.17, 15) is 9.18 Å². The molecule has 17 heavy (non-hydrogen) atoms. The molecule has 0 bridgehead atoms. The summed E-state index contributed by atoms with van der Waals surface area (Å²) in [5, 5.41) is 2.49. The number of carbonyl (C=O) groups excluding carboxylic acids is 1. The van der Waals surface area contributed by atoms with E-state index in [2.05, 4.69) is 15.3 Å². The highest BCUT2D eigenvalue weighted by Gasteiger charge is 2.13. The summed E-state index contributed by atoms with van der Waals surface area (Å²) in [4.78, 5) is 19.3. The van der Waals surface area contributed by atoms with Gasteiger partial charge in [0.25, 0.3) is 5.91 Å². The van der Waals surface area contributed by atoms with Gasteiger partial charge in [0.2, 0.25) is 0 Å². The minimum atomic E-state index is -0.655. The van der Waals surface area contributed by atoms with Gasteiger partial charge < -0.3 is 5.32 Å². The molecule has 0 aliphatic rings. The summed E-state index contributed by atoms with van der Waals surface area (Å²) < 4.78 is 13.3. The lowest BCUT2D eigenvalue weighted by molar-refractivity contribution is 0.101. The van der Waals surface area contributed by atoms with Crippen LogP contribution in [-0.4, -0.2) is 15.9 Å². The molecule has 2 heterocycles. The fourth-order valence-corrected chi connectivity index (χ4v) is 1.33. The second kappa shape index (κ2) is 4.69. The van der Waals surface area contributed by atoms with Crippen LogP contribution in [0.3, 0.4) is 0 Å². The third-order valence-electron chi connectivity index (χ3n) is 2.13. The fourth-order valence-electron chi connectivity index (χ4n) is 1.33. The molecular formula is C12H10FN3O. The van der Waals surface area contributed by atoms with Gasteiger partial charge in [-0.05, 0) is 36.8 Å². The predicted molar refractivity (Wildman–Crippen MR) is 61.1 cm³/mol. The van der Waals surface area contributed by atoms with Crippen LogP contribution in [0.5, 0.6) is 0 Å². The van der Waals surface area contributed by atoms with Gasteiger partial charge in [0.05, 0.1) is 0 Å². The first kappa shape index (κ1) is 11.2. The highest BCUT2D eigenvalue weighted by atomic mass is 19.1.